The van der Waals surface area contributed by atoms with Crippen molar-refractivity contribution in [3.63, 3.8) is 0 Å². The molecule has 13 heteroatoms. The maximum Gasteiger partial charge on any atom is 0.309 e. The molecule has 32 heavy (non-hydrogen) atoms. The lowest BCUT2D eigenvalue weighted by Gasteiger charge is -2.27. The number of nitrogens with zero attached hydrogens (tertiary/aromatic N) is 2. The first kappa shape index (κ1) is 25.2. The van der Waals surface area contributed by atoms with E-state index in [1.165, 1.54) is 0 Å². The van der Waals surface area contributed by atoms with E-state index in [-0.39, 0.29) is 36.9 Å². The van der Waals surface area contributed by atoms with Gasteiger partial charge in [0.2, 0.25) is 10.0 Å². The van der Waals surface area contributed by atoms with Crippen molar-refractivity contribution in [2.45, 2.75) is 43.9 Å². The Morgan fingerprint density at radius 1 is 1.28 bits per heavy atom. The molecule has 1 aromatic carbocycles. The van der Waals surface area contributed by atoms with Gasteiger partial charge >= 0.3 is 6.01 Å². The molecule has 3 atom stereocenters. The summed E-state index contributed by atoms with van der Waals surface area (Å²) in [7, 11) is -3.70. The van der Waals surface area contributed by atoms with Crippen LogP contribution in [0.2, 0.25) is 0 Å². The summed E-state index contributed by atoms with van der Waals surface area (Å²) in [5, 5.41) is 31.8. The molecule has 2 rings (SSSR count). The zero-order valence-electron chi connectivity index (χ0n) is 17.0. The van der Waals surface area contributed by atoms with Crippen molar-refractivity contribution < 1.29 is 36.6 Å². The van der Waals surface area contributed by atoms with Crippen LogP contribution in [0.3, 0.4) is 0 Å². The van der Waals surface area contributed by atoms with Crippen molar-refractivity contribution in [3.8, 4) is 6.07 Å². The third-order valence-corrected chi connectivity index (χ3v) is 4.84. The Morgan fingerprint density at radius 3 is 2.53 bits per heavy atom. The van der Waals surface area contributed by atoms with E-state index in [0.717, 1.165) is 24.7 Å². The molecular weight excluding hydrogens is 450 g/mol. The molecule has 2 aromatic rings. The van der Waals surface area contributed by atoms with Crippen molar-refractivity contribution >= 4 is 21.9 Å². The first-order valence-corrected chi connectivity index (χ1v) is 11.3. The monoisotopic (exact) mass is 472 g/mol. The number of aliphatic hydroxyl groups is 2. The topological polar surface area (TPSA) is 166 Å². The van der Waals surface area contributed by atoms with Gasteiger partial charge in [-0.1, -0.05) is 0 Å². The summed E-state index contributed by atoms with van der Waals surface area (Å²) in [5.74, 6) is -2.61. The first-order chi connectivity index (χ1) is 15.0. The van der Waals surface area contributed by atoms with Crippen LogP contribution in [0.15, 0.2) is 28.9 Å². The number of carbonyl (C=O) groups is 1. The lowest BCUT2D eigenvalue weighted by Crippen LogP contribution is -2.50. The second-order valence-electron chi connectivity index (χ2n) is 7.08. The van der Waals surface area contributed by atoms with E-state index >= 15 is 0 Å². The van der Waals surface area contributed by atoms with Crippen molar-refractivity contribution in [3.05, 3.63) is 47.4 Å². The molecule has 1 aromatic heterocycles. The zero-order chi connectivity index (χ0) is 23.9. The van der Waals surface area contributed by atoms with Crippen LogP contribution in [-0.4, -0.2) is 54.0 Å². The maximum absolute atomic E-state index is 13.6. The number of aliphatic hydroxyl groups excluding tert-OH is 2. The summed E-state index contributed by atoms with van der Waals surface area (Å²) in [6.45, 7) is 0. The lowest BCUT2D eigenvalue weighted by molar-refractivity contribution is -0.00794. The quantitative estimate of drug-likeness (QED) is 0.353. The number of amides is 1. The summed E-state index contributed by atoms with van der Waals surface area (Å²) in [5.41, 5.74) is -0.228. The molecule has 174 valence electrons. The van der Waals surface area contributed by atoms with Crippen LogP contribution in [0, 0.1) is 23.0 Å². The molecule has 4 N–H and O–H groups in total. The Kier molecular flexibility index (Phi) is 8.64. The van der Waals surface area contributed by atoms with Gasteiger partial charge in [0.1, 0.15) is 24.0 Å². The fourth-order valence-electron chi connectivity index (χ4n) is 2.89. The number of aromatic nitrogens is 1. The molecule has 10 nitrogen and oxygen atoms in total. The molecule has 0 aliphatic rings. The van der Waals surface area contributed by atoms with Crippen molar-refractivity contribution in [2.75, 3.05) is 11.0 Å². The molecule has 0 spiro atoms. The van der Waals surface area contributed by atoms with E-state index < -0.39 is 51.8 Å². The third-order valence-electron chi connectivity index (χ3n) is 4.30. The Hall–Kier alpha value is -3.08. The van der Waals surface area contributed by atoms with Crippen LogP contribution in [0.25, 0.3) is 0 Å². The molecule has 0 aliphatic heterocycles. The van der Waals surface area contributed by atoms with Crippen LogP contribution in [0.1, 0.15) is 35.3 Å². The van der Waals surface area contributed by atoms with Gasteiger partial charge in [0.15, 0.2) is 5.69 Å². The maximum atomic E-state index is 13.6. The highest BCUT2D eigenvalue weighted by molar-refractivity contribution is 7.91. The number of sulfonamides is 1. The first-order valence-electron chi connectivity index (χ1n) is 9.40. The van der Waals surface area contributed by atoms with E-state index in [1.54, 1.807) is 0 Å². The number of nitriles is 1. The van der Waals surface area contributed by atoms with Crippen molar-refractivity contribution in [1.82, 2.24) is 10.3 Å². The fraction of sp³-hybridized carbons (Fsp3) is 0.421. The van der Waals surface area contributed by atoms with Crippen molar-refractivity contribution in [2.24, 2.45) is 0 Å². The van der Waals surface area contributed by atoms with E-state index in [1.807, 2.05) is 10.8 Å². The summed E-state index contributed by atoms with van der Waals surface area (Å²) in [6, 6.07) is 2.93. The SMILES string of the molecule is CS(=O)(=O)Nc1nc(C(=O)NC(Cc2cc(F)cc(F)c2)C(O)C(O)CCCC#N)co1. The Balaban J connectivity index is 2.21. The van der Waals surface area contributed by atoms with E-state index in [0.29, 0.717) is 6.07 Å². The number of oxazole rings is 1. The van der Waals surface area contributed by atoms with Crippen LogP contribution < -0.4 is 10.0 Å². The molecule has 0 saturated carbocycles. The predicted octanol–water partition coefficient (Wildman–Crippen LogP) is 1.08. The van der Waals surface area contributed by atoms with Crippen LogP contribution in [-0.2, 0) is 16.4 Å². The van der Waals surface area contributed by atoms with Crippen LogP contribution in [0.4, 0.5) is 14.8 Å². The number of halogens is 2. The summed E-state index contributed by atoms with van der Waals surface area (Å²) >= 11 is 0. The lowest BCUT2D eigenvalue weighted by atomic mass is 9.95. The number of hydrogen-bond acceptors (Lipinski definition) is 8. The number of unbranched alkanes of at least 4 members (excludes halogenated alkanes) is 1. The molecule has 0 fully saturated rings. The second-order valence-corrected chi connectivity index (χ2v) is 8.83. The standard InChI is InChI=1S/C19H22F2N4O6S/c1-32(29,30)25-19-24-15(10-31-19)18(28)23-14(17(27)16(26)4-2-3-5-22)8-11-6-12(20)9-13(21)7-11/h6-7,9-10,14,16-17,26-27H,2-4,8H2,1H3,(H,23,28)(H,24,25). The Bertz CT molecular complexity index is 1070. The van der Waals surface area contributed by atoms with Crippen LogP contribution >= 0.6 is 0 Å². The normalized spacial score (nSPS) is 14.2. The molecule has 3 unspecified atom stereocenters. The average Bonchev–Trinajstić information content (AvgIpc) is 3.13. The fourth-order valence-corrected chi connectivity index (χ4v) is 3.31. The number of hydrogen-bond donors (Lipinski definition) is 4. The minimum Gasteiger partial charge on any atom is -0.431 e. The number of anilines is 1. The van der Waals surface area contributed by atoms with Gasteiger partial charge in [-0.15, -0.1) is 0 Å². The Morgan fingerprint density at radius 2 is 1.94 bits per heavy atom. The molecule has 1 heterocycles. The summed E-state index contributed by atoms with van der Waals surface area (Å²) < 4.78 is 56.4. The highest BCUT2D eigenvalue weighted by atomic mass is 32.2. The number of carbonyl (C=O) groups excluding carboxylic acids is 1. The smallest absolute Gasteiger partial charge is 0.309 e. The highest BCUT2D eigenvalue weighted by Crippen LogP contribution is 2.16. The second kappa shape index (κ2) is 11.0. The van der Waals surface area contributed by atoms with Crippen LogP contribution in [0.5, 0.6) is 0 Å². The van der Waals surface area contributed by atoms with Gasteiger partial charge in [0, 0.05) is 12.5 Å². The average molecular weight is 472 g/mol. The number of nitrogens with one attached hydrogen (secondary N) is 2. The molecule has 0 bridgehead atoms. The largest absolute Gasteiger partial charge is 0.431 e. The molecule has 0 aliphatic carbocycles. The van der Waals surface area contributed by atoms with Gasteiger partial charge in [0.25, 0.3) is 5.91 Å². The highest BCUT2D eigenvalue weighted by Gasteiger charge is 2.29. The number of benzene rings is 1. The van der Waals surface area contributed by atoms with E-state index in [2.05, 4.69) is 10.3 Å². The van der Waals surface area contributed by atoms with Gasteiger partial charge in [0.05, 0.1) is 24.5 Å². The minimum atomic E-state index is -3.70. The van der Waals surface area contributed by atoms with E-state index in [4.69, 9.17) is 9.68 Å². The summed E-state index contributed by atoms with van der Waals surface area (Å²) in [6.07, 6.45) is -0.934. The van der Waals surface area contributed by atoms with Gasteiger partial charge < -0.3 is 19.9 Å². The third kappa shape index (κ3) is 7.88. The molecule has 1 amide bonds. The number of rotatable bonds is 11. The van der Waals surface area contributed by atoms with Gasteiger partial charge in [-0.3, -0.25) is 4.79 Å². The molecule has 0 radical (unpaired) electrons. The van der Waals surface area contributed by atoms with Gasteiger partial charge in [-0.25, -0.2) is 21.9 Å². The Labute approximate surface area is 182 Å². The molecular formula is C19H22F2N4O6S. The predicted molar refractivity (Wildman–Crippen MR) is 108 cm³/mol. The minimum absolute atomic E-state index is 0.0466. The van der Waals surface area contributed by atoms with Gasteiger partial charge in [-0.05, 0) is 37.0 Å². The van der Waals surface area contributed by atoms with Crippen molar-refractivity contribution in [1.29, 1.82) is 5.26 Å². The van der Waals surface area contributed by atoms with E-state index in [9.17, 15) is 32.2 Å². The zero-order valence-corrected chi connectivity index (χ0v) is 17.8. The van der Waals surface area contributed by atoms with Gasteiger partial charge in [-0.2, -0.15) is 10.2 Å². The molecule has 0 saturated heterocycles. The summed E-state index contributed by atoms with van der Waals surface area (Å²) in [4.78, 5) is 16.2.